The Balaban J connectivity index is 1.52. The van der Waals surface area contributed by atoms with Crippen molar-refractivity contribution in [3.8, 4) is 16.9 Å². The van der Waals surface area contributed by atoms with E-state index in [4.69, 9.17) is 11.6 Å². The minimum Gasteiger partial charge on any atom is -0.345 e. The zero-order valence-electron chi connectivity index (χ0n) is 23.8. The molecule has 1 aromatic carbocycles. The van der Waals surface area contributed by atoms with Crippen LogP contribution in [0.1, 0.15) is 71.8 Å². The van der Waals surface area contributed by atoms with Crippen LogP contribution in [0.3, 0.4) is 0 Å². The molecule has 208 valence electrons. The molecular formula is C31H33ClFN5O2. The summed E-state index contributed by atoms with van der Waals surface area (Å²) < 4.78 is 18.9. The first-order valence-electron chi connectivity index (χ1n) is 13.2. The third-order valence-electron chi connectivity index (χ3n) is 7.50. The van der Waals surface area contributed by atoms with Gasteiger partial charge in [-0.2, -0.15) is 5.10 Å². The minimum absolute atomic E-state index is 0.0424. The number of rotatable bonds is 5. The maximum atomic E-state index is 15.4. The molecule has 7 nitrogen and oxygen atoms in total. The lowest BCUT2D eigenvalue weighted by Crippen LogP contribution is -2.23. The van der Waals surface area contributed by atoms with Gasteiger partial charge in [-0.1, -0.05) is 17.7 Å². The van der Waals surface area contributed by atoms with E-state index in [1.165, 1.54) is 11.0 Å². The zero-order valence-corrected chi connectivity index (χ0v) is 24.5. The maximum Gasteiger partial charge on any atom is 0.274 e. The van der Waals surface area contributed by atoms with Gasteiger partial charge in [-0.25, -0.2) is 4.39 Å². The first kappa shape index (κ1) is 27.8. The second-order valence-electron chi connectivity index (χ2n) is 11.8. The molecule has 1 amide bonds. The number of nitrogens with zero attached hydrogens (tertiary/aromatic N) is 5. The fraction of sp³-hybridized carbons (Fsp3) is 0.355. The molecule has 0 N–H and O–H groups in total. The maximum absolute atomic E-state index is 15.4. The van der Waals surface area contributed by atoms with Gasteiger partial charge in [0.25, 0.3) is 11.5 Å². The molecule has 1 fully saturated rings. The summed E-state index contributed by atoms with van der Waals surface area (Å²) in [5.41, 5.74) is 4.01. The molecule has 0 radical (unpaired) electrons. The van der Waals surface area contributed by atoms with E-state index in [0.29, 0.717) is 11.4 Å². The summed E-state index contributed by atoms with van der Waals surface area (Å²) in [5, 5.41) is 4.71. The fourth-order valence-corrected chi connectivity index (χ4v) is 5.42. The highest BCUT2D eigenvalue weighted by molar-refractivity contribution is 6.31. The van der Waals surface area contributed by atoms with Crippen LogP contribution in [0.2, 0.25) is 5.02 Å². The number of halogens is 2. The first-order valence-corrected chi connectivity index (χ1v) is 13.6. The molecule has 0 unspecified atom stereocenters. The number of aromatic nitrogens is 4. The van der Waals surface area contributed by atoms with Crippen LogP contribution in [0.15, 0.2) is 53.7 Å². The summed E-state index contributed by atoms with van der Waals surface area (Å²) in [5.74, 6) is -0.690. The van der Waals surface area contributed by atoms with E-state index in [1.54, 1.807) is 43.1 Å². The van der Waals surface area contributed by atoms with E-state index in [1.807, 2.05) is 30.8 Å². The standard InChI is InChI=1S/C31H33ClFN5O2/c1-17-14-34-25(20-9-8-10-21(28(20)33)29(39)36(6)7)13-26(17)38-18(2)11-24(27(32)30(38)40)23-12-22(23)19-15-35-37(16-19)31(3,4)5/h8-11,13-16,22-23H,12H2,1-7H3/t22-,23+/m1/s1. The topological polar surface area (TPSA) is 73.0 Å². The molecule has 0 spiro atoms. The molecule has 0 aliphatic heterocycles. The highest BCUT2D eigenvalue weighted by Gasteiger charge is 2.42. The average Bonchev–Trinajstić information content (AvgIpc) is 3.51. The van der Waals surface area contributed by atoms with Crippen molar-refractivity contribution in [3.63, 3.8) is 0 Å². The second kappa shape index (κ2) is 10.0. The van der Waals surface area contributed by atoms with Crippen LogP contribution in [0.25, 0.3) is 16.9 Å². The Morgan fingerprint density at radius 3 is 2.50 bits per heavy atom. The minimum atomic E-state index is -0.657. The number of aryl methyl sites for hydroxylation is 2. The van der Waals surface area contributed by atoms with Crippen LogP contribution in [0.5, 0.6) is 0 Å². The summed E-state index contributed by atoms with van der Waals surface area (Å²) >= 11 is 6.73. The fourth-order valence-electron chi connectivity index (χ4n) is 5.14. The van der Waals surface area contributed by atoms with Gasteiger partial charge >= 0.3 is 0 Å². The van der Waals surface area contributed by atoms with Crippen LogP contribution in [-0.2, 0) is 5.54 Å². The molecule has 1 saturated carbocycles. The molecule has 9 heteroatoms. The molecule has 3 aromatic heterocycles. The lowest BCUT2D eigenvalue weighted by atomic mass is 10.0. The van der Waals surface area contributed by atoms with Gasteiger partial charge in [-0.05, 0) is 93.8 Å². The van der Waals surface area contributed by atoms with Crippen LogP contribution in [-0.4, -0.2) is 44.2 Å². The summed E-state index contributed by atoms with van der Waals surface area (Å²) in [6, 6.07) is 8.28. The predicted molar refractivity (Wildman–Crippen MR) is 155 cm³/mol. The molecule has 0 saturated heterocycles. The third-order valence-corrected chi connectivity index (χ3v) is 7.88. The molecule has 1 aliphatic carbocycles. The number of benzene rings is 1. The summed E-state index contributed by atoms with van der Waals surface area (Å²) in [4.78, 5) is 31.9. The van der Waals surface area contributed by atoms with Crippen LogP contribution in [0, 0.1) is 19.7 Å². The molecule has 4 aromatic rings. The van der Waals surface area contributed by atoms with Crippen molar-refractivity contribution >= 4 is 17.5 Å². The Morgan fingerprint density at radius 1 is 1.12 bits per heavy atom. The zero-order chi connectivity index (χ0) is 29.1. The highest BCUT2D eigenvalue weighted by Crippen LogP contribution is 2.56. The summed E-state index contributed by atoms with van der Waals surface area (Å²) in [6.45, 7) is 10.0. The molecule has 3 heterocycles. The van der Waals surface area contributed by atoms with Crippen molar-refractivity contribution in [3.05, 3.63) is 98.1 Å². The van der Waals surface area contributed by atoms with Gasteiger partial charge in [-0.15, -0.1) is 0 Å². The monoisotopic (exact) mass is 561 g/mol. The Bertz CT molecular complexity index is 1700. The van der Waals surface area contributed by atoms with E-state index in [9.17, 15) is 9.59 Å². The Morgan fingerprint density at radius 2 is 1.85 bits per heavy atom. The Hall–Kier alpha value is -3.78. The van der Waals surface area contributed by atoms with Gasteiger partial charge in [0.05, 0.1) is 28.7 Å². The molecule has 1 aliphatic rings. The highest BCUT2D eigenvalue weighted by atomic mass is 35.5. The van der Waals surface area contributed by atoms with Crippen molar-refractivity contribution < 1.29 is 9.18 Å². The molecule has 40 heavy (non-hydrogen) atoms. The molecule has 0 bridgehead atoms. The molecule has 2 atom stereocenters. The largest absolute Gasteiger partial charge is 0.345 e. The predicted octanol–water partition coefficient (Wildman–Crippen LogP) is 6.23. The Labute approximate surface area is 238 Å². The van der Waals surface area contributed by atoms with Crippen molar-refractivity contribution in [2.45, 2.75) is 58.4 Å². The number of carbonyl (C=O) groups excluding carboxylic acids is 1. The quantitative estimate of drug-likeness (QED) is 0.289. The third kappa shape index (κ3) is 4.85. The van der Waals surface area contributed by atoms with Gasteiger partial charge in [0.1, 0.15) is 10.8 Å². The van der Waals surface area contributed by atoms with Gasteiger partial charge in [0.15, 0.2) is 0 Å². The van der Waals surface area contributed by atoms with Crippen molar-refractivity contribution in [2.75, 3.05) is 14.1 Å². The lowest BCUT2D eigenvalue weighted by molar-refractivity contribution is 0.0823. The number of carbonyl (C=O) groups is 1. The smallest absolute Gasteiger partial charge is 0.274 e. The van der Waals surface area contributed by atoms with Crippen molar-refractivity contribution in [1.82, 2.24) is 24.2 Å². The average molecular weight is 562 g/mol. The SMILES string of the molecule is Cc1cnc(-c2cccc(C(=O)N(C)C)c2F)cc1-n1c(C)cc([C@H]2C[C@@H]2c2cnn(C(C)(C)C)c2)c(Cl)c1=O. The molecular weight excluding hydrogens is 529 g/mol. The number of hydrogen-bond donors (Lipinski definition) is 0. The van der Waals surface area contributed by atoms with Gasteiger partial charge < -0.3 is 4.90 Å². The number of amides is 1. The normalized spacial score (nSPS) is 16.7. The van der Waals surface area contributed by atoms with Gasteiger partial charge in [0.2, 0.25) is 0 Å². The van der Waals surface area contributed by atoms with E-state index in [-0.39, 0.29) is 39.1 Å². The summed E-state index contributed by atoms with van der Waals surface area (Å²) in [6.07, 6.45) is 6.48. The van der Waals surface area contributed by atoms with Crippen molar-refractivity contribution in [2.24, 2.45) is 0 Å². The second-order valence-corrected chi connectivity index (χ2v) is 12.1. The Kier molecular flexibility index (Phi) is 6.94. The van der Waals surface area contributed by atoms with Crippen LogP contribution in [0.4, 0.5) is 4.39 Å². The first-order chi connectivity index (χ1) is 18.8. The van der Waals surface area contributed by atoms with Gasteiger partial charge in [-0.3, -0.25) is 23.8 Å². The van der Waals surface area contributed by atoms with Crippen LogP contribution < -0.4 is 5.56 Å². The number of hydrogen-bond acceptors (Lipinski definition) is 4. The van der Waals surface area contributed by atoms with Gasteiger partial charge in [0, 0.05) is 37.7 Å². The molecule has 5 rings (SSSR count). The van der Waals surface area contributed by atoms with E-state index >= 15 is 4.39 Å². The van der Waals surface area contributed by atoms with E-state index < -0.39 is 11.7 Å². The lowest BCUT2D eigenvalue weighted by Gasteiger charge is -2.18. The van der Waals surface area contributed by atoms with E-state index in [2.05, 4.69) is 37.1 Å². The van der Waals surface area contributed by atoms with Crippen LogP contribution >= 0.6 is 11.6 Å². The van der Waals surface area contributed by atoms with Crippen molar-refractivity contribution in [1.29, 1.82) is 0 Å². The number of pyridine rings is 2. The summed E-state index contributed by atoms with van der Waals surface area (Å²) in [7, 11) is 3.14. The van der Waals surface area contributed by atoms with E-state index in [0.717, 1.165) is 28.8 Å².